The molecule has 0 aromatic rings. The van der Waals surface area contributed by atoms with Crippen LogP contribution in [0.15, 0.2) is 0 Å². The largest absolute Gasteiger partial charge is 0.463 e. The van der Waals surface area contributed by atoms with Crippen molar-refractivity contribution in [2.75, 3.05) is 0 Å². The zero-order valence-corrected chi connectivity index (χ0v) is 8.00. The Morgan fingerprint density at radius 2 is 2.25 bits per heavy atom. The summed E-state index contributed by atoms with van der Waals surface area (Å²) in [5.74, 6) is -0.420. The highest BCUT2D eigenvalue weighted by molar-refractivity contribution is 6.28. The molecule has 0 aliphatic rings. The van der Waals surface area contributed by atoms with Crippen LogP contribution in [0.5, 0.6) is 0 Å². The van der Waals surface area contributed by atoms with Crippen molar-refractivity contribution in [3.63, 3.8) is 0 Å². The fourth-order valence-corrected chi connectivity index (χ4v) is 0.689. The average Bonchev–Trinajstić information content (AvgIpc) is 2.03. The van der Waals surface area contributed by atoms with Gasteiger partial charge < -0.3 is 9.53 Å². The van der Waals surface area contributed by atoms with Gasteiger partial charge in [0.05, 0.1) is 17.9 Å². The lowest BCUT2D eigenvalue weighted by Crippen LogP contribution is -2.17. The summed E-state index contributed by atoms with van der Waals surface area (Å²) < 4.78 is 4.89. The van der Waals surface area contributed by atoms with E-state index in [0.717, 1.165) is 6.42 Å². The van der Waals surface area contributed by atoms with Crippen molar-refractivity contribution in [1.82, 2.24) is 0 Å². The van der Waals surface area contributed by atoms with Crippen LogP contribution in [0.1, 0.15) is 26.7 Å². The summed E-state index contributed by atoms with van der Waals surface area (Å²) in [6, 6.07) is 0. The number of carbonyl (C=O) groups excluding carboxylic acids is 2. The van der Waals surface area contributed by atoms with E-state index in [9.17, 15) is 9.59 Å². The number of halogens is 1. The van der Waals surface area contributed by atoms with E-state index in [-0.39, 0.29) is 12.5 Å². The molecule has 2 unspecified atom stereocenters. The Hall–Kier alpha value is -0.570. The molecule has 0 amide bonds. The molecule has 12 heavy (non-hydrogen) atoms. The number of ether oxygens (including phenoxy) is 1. The van der Waals surface area contributed by atoms with Gasteiger partial charge in [0.2, 0.25) is 0 Å². The first-order valence-electron chi connectivity index (χ1n) is 3.89. The zero-order valence-electron chi connectivity index (χ0n) is 7.25. The second-order valence-electron chi connectivity index (χ2n) is 2.56. The molecule has 2 atom stereocenters. The van der Waals surface area contributed by atoms with Crippen molar-refractivity contribution in [2.45, 2.75) is 38.2 Å². The van der Waals surface area contributed by atoms with Crippen LogP contribution < -0.4 is 0 Å². The van der Waals surface area contributed by atoms with Gasteiger partial charge in [0.1, 0.15) is 6.29 Å². The molecule has 70 valence electrons. The first-order chi connectivity index (χ1) is 5.60. The van der Waals surface area contributed by atoms with Crippen molar-refractivity contribution in [3.05, 3.63) is 0 Å². The molecule has 0 aliphatic heterocycles. The molecule has 0 saturated heterocycles. The molecule has 0 aliphatic carbocycles. The van der Waals surface area contributed by atoms with Crippen LogP contribution in [0.25, 0.3) is 0 Å². The van der Waals surface area contributed by atoms with Gasteiger partial charge in [-0.3, -0.25) is 4.79 Å². The summed E-state index contributed by atoms with van der Waals surface area (Å²) in [4.78, 5) is 21.0. The average molecular weight is 193 g/mol. The second kappa shape index (κ2) is 6.00. The topological polar surface area (TPSA) is 43.4 Å². The minimum absolute atomic E-state index is 0.0462. The predicted molar refractivity (Wildman–Crippen MR) is 46.2 cm³/mol. The molecule has 3 nitrogen and oxygen atoms in total. The number of esters is 1. The van der Waals surface area contributed by atoms with E-state index in [0.29, 0.717) is 6.29 Å². The van der Waals surface area contributed by atoms with Crippen LogP contribution >= 0.6 is 11.6 Å². The van der Waals surface area contributed by atoms with Gasteiger partial charge in [0.25, 0.3) is 0 Å². The van der Waals surface area contributed by atoms with E-state index in [1.165, 1.54) is 0 Å². The molecule has 0 fully saturated rings. The van der Waals surface area contributed by atoms with Crippen molar-refractivity contribution in [3.8, 4) is 0 Å². The summed E-state index contributed by atoms with van der Waals surface area (Å²) >= 11 is 5.42. The summed E-state index contributed by atoms with van der Waals surface area (Å²) in [5.41, 5.74) is 0. The van der Waals surface area contributed by atoms with E-state index >= 15 is 0 Å². The maximum Gasteiger partial charge on any atom is 0.308 e. The highest BCUT2D eigenvalue weighted by Crippen LogP contribution is 2.03. The molecule has 0 heterocycles. The summed E-state index contributed by atoms with van der Waals surface area (Å²) in [5, 5.41) is -0.762. The number of rotatable bonds is 5. The van der Waals surface area contributed by atoms with Gasteiger partial charge in [0.15, 0.2) is 0 Å². The van der Waals surface area contributed by atoms with Crippen LogP contribution in [0.4, 0.5) is 0 Å². The SMILES string of the molecule is CCC(C)OC(=O)CC(Cl)C=O. The van der Waals surface area contributed by atoms with Crippen LogP contribution in [0.2, 0.25) is 0 Å². The highest BCUT2D eigenvalue weighted by Gasteiger charge is 2.12. The van der Waals surface area contributed by atoms with Crippen LogP contribution in [-0.4, -0.2) is 23.7 Å². The third-order valence-electron chi connectivity index (χ3n) is 1.42. The molecule has 0 rings (SSSR count). The van der Waals surface area contributed by atoms with Crippen LogP contribution in [0, 0.1) is 0 Å². The monoisotopic (exact) mass is 192 g/mol. The van der Waals surface area contributed by atoms with Crippen molar-refractivity contribution in [2.24, 2.45) is 0 Å². The predicted octanol–water partition coefficient (Wildman–Crippen LogP) is 1.52. The van der Waals surface area contributed by atoms with Crippen molar-refractivity contribution in [1.29, 1.82) is 0 Å². The van der Waals surface area contributed by atoms with E-state index in [1.807, 2.05) is 6.92 Å². The number of hydrogen-bond acceptors (Lipinski definition) is 3. The van der Waals surface area contributed by atoms with Gasteiger partial charge in [-0.15, -0.1) is 11.6 Å². The van der Waals surface area contributed by atoms with E-state index in [4.69, 9.17) is 16.3 Å². The first-order valence-corrected chi connectivity index (χ1v) is 4.32. The van der Waals surface area contributed by atoms with Gasteiger partial charge >= 0.3 is 5.97 Å². The van der Waals surface area contributed by atoms with Gasteiger partial charge in [-0.2, -0.15) is 0 Å². The van der Waals surface area contributed by atoms with Crippen molar-refractivity contribution >= 4 is 23.9 Å². The molecular formula is C8H13ClO3. The normalized spacial score (nSPS) is 14.9. The fraction of sp³-hybridized carbons (Fsp3) is 0.750. The maximum absolute atomic E-state index is 10.9. The lowest BCUT2D eigenvalue weighted by molar-refractivity contribution is -0.148. The smallest absolute Gasteiger partial charge is 0.308 e. The summed E-state index contributed by atoms with van der Waals surface area (Å²) in [6.07, 6.45) is 1.14. The molecule has 0 spiro atoms. The third-order valence-corrected chi connectivity index (χ3v) is 1.67. The van der Waals surface area contributed by atoms with Gasteiger partial charge in [-0.1, -0.05) is 6.92 Å². The Kier molecular flexibility index (Phi) is 5.72. The first kappa shape index (κ1) is 11.4. The van der Waals surface area contributed by atoms with Crippen molar-refractivity contribution < 1.29 is 14.3 Å². The molecule has 0 bridgehead atoms. The van der Waals surface area contributed by atoms with Gasteiger partial charge in [-0.05, 0) is 13.3 Å². The lowest BCUT2D eigenvalue weighted by Gasteiger charge is -2.10. The van der Waals surface area contributed by atoms with Gasteiger partial charge in [0, 0.05) is 0 Å². The number of carbonyl (C=O) groups is 2. The highest BCUT2D eigenvalue weighted by atomic mass is 35.5. The van der Waals surface area contributed by atoms with Crippen LogP contribution in [-0.2, 0) is 14.3 Å². The Bertz CT molecular complexity index is 158. The quantitative estimate of drug-likeness (QED) is 0.377. The third kappa shape index (κ3) is 5.13. The Labute approximate surface area is 77.0 Å². The summed E-state index contributed by atoms with van der Waals surface area (Å²) in [6.45, 7) is 3.71. The summed E-state index contributed by atoms with van der Waals surface area (Å²) in [7, 11) is 0. The molecule has 0 radical (unpaired) electrons. The second-order valence-corrected chi connectivity index (χ2v) is 3.13. The number of alkyl halides is 1. The Morgan fingerprint density at radius 3 is 2.67 bits per heavy atom. The molecule has 4 heteroatoms. The molecule has 0 saturated carbocycles. The number of hydrogen-bond donors (Lipinski definition) is 0. The van der Waals surface area contributed by atoms with Crippen LogP contribution in [0.3, 0.4) is 0 Å². The van der Waals surface area contributed by atoms with E-state index < -0.39 is 11.3 Å². The zero-order chi connectivity index (χ0) is 9.56. The molecule has 0 aromatic heterocycles. The fourth-order valence-electron chi connectivity index (χ4n) is 0.563. The Morgan fingerprint density at radius 1 is 1.67 bits per heavy atom. The molecule has 0 aromatic carbocycles. The molecular weight excluding hydrogens is 180 g/mol. The molecule has 0 N–H and O–H groups in total. The minimum Gasteiger partial charge on any atom is -0.463 e. The van der Waals surface area contributed by atoms with E-state index in [2.05, 4.69) is 0 Å². The Balaban J connectivity index is 3.66. The number of aldehydes is 1. The maximum atomic E-state index is 10.9. The lowest BCUT2D eigenvalue weighted by atomic mass is 10.3. The minimum atomic E-state index is -0.762. The van der Waals surface area contributed by atoms with E-state index in [1.54, 1.807) is 6.92 Å². The van der Waals surface area contributed by atoms with Gasteiger partial charge in [-0.25, -0.2) is 0 Å². The standard InChI is InChI=1S/C8H13ClO3/c1-3-6(2)12-8(11)4-7(9)5-10/h5-7H,3-4H2,1-2H3.